The lowest BCUT2D eigenvalue weighted by atomic mass is 9.62. The average Bonchev–Trinajstić information content (AvgIpc) is 3.21. The lowest BCUT2D eigenvalue weighted by molar-refractivity contribution is 0.0998. The van der Waals surface area contributed by atoms with E-state index in [-0.39, 0.29) is 5.41 Å². The standard InChI is InChI=1S/C18H21N5OS/c19-16(24)15-13-6-7-18(8-12-10-21-23-22-12,9-14(13)25-17(15)20)11-4-2-1-3-5-11/h1-4,10-11H,5-9,20H2,(H2,19,24)(H,21,22,23). The molecule has 0 saturated heterocycles. The molecule has 0 fully saturated rings. The fourth-order valence-corrected chi connectivity index (χ4v) is 5.58. The molecule has 2 aromatic rings. The van der Waals surface area contributed by atoms with E-state index in [0.29, 0.717) is 16.5 Å². The maximum Gasteiger partial charge on any atom is 0.251 e. The van der Waals surface area contributed by atoms with Crippen LogP contribution in [0.15, 0.2) is 30.5 Å². The van der Waals surface area contributed by atoms with Gasteiger partial charge in [0.05, 0.1) is 22.5 Å². The van der Waals surface area contributed by atoms with Gasteiger partial charge in [0.2, 0.25) is 0 Å². The lowest BCUT2D eigenvalue weighted by Crippen LogP contribution is -2.38. The minimum Gasteiger partial charge on any atom is -0.390 e. The molecule has 2 aromatic heterocycles. The zero-order chi connectivity index (χ0) is 17.4. The van der Waals surface area contributed by atoms with E-state index in [1.165, 1.54) is 16.2 Å². The normalized spacial score (nSPS) is 25.0. The van der Waals surface area contributed by atoms with Crippen molar-refractivity contribution in [1.29, 1.82) is 0 Å². The van der Waals surface area contributed by atoms with Crippen molar-refractivity contribution in [2.45, 2.75) is 32.1 Å². The molecule has 2 aliphatic carbocycles. The Morgan fingerprint density at radius 3 is 3.00 bits per heavy atom. The molecule has 5 N–H and O–H groups in total. The second kappa shape index (κ2) is 6.15. The van der Waals surface area contributed by atoms with E-state index >= 15 is 0 Å². The van der Waals surface area contributed by atoms with E-state index in [0.717, 1.165) is 43.4 Å². The van der Waals surface area contributed by atoms with Crippen LogP contribution in [0.1, 0.15) is 39.3 Å². The molecule has 0 radical (unpaired) electrons. The third-order valence-electron chi connectivity index (χ3n) is 5.52. The Kier molecular flexibility index (Phi) is 3.95. The molecule has 2 unspecified atom stereocenters. The molecule has 2 heterocycles. The number of allylic oxidation sites excluding steroid dienone is 4. The van der Waals surface area contributed by atoms with Crippen LogP contribution >= 0.6 is 11.3 Å². The predicted molar refractivity (Wildman–Crippen MR) is 98.2 cm³/mol. The number of thiophene rings is 1. The van der Waals surface area contributed by atoms with Crippen molar-refractivity contribution in [2.24, 2.45) is 17.1 Å². The summed E-state index contributed by atoms with van der Waals surface area (Å²) in [5, 5.41) is 11.5. The van der Waals surface area contributed by atoms with E-state index < -0.39 is 5.91 Å². The molecular weight excluding hydrogens is 334 g/mol. The first kappa shape index (κ1) is 16.1. The number of amides is 1. The molecule has 0 bridgehead atoms. The molecule has 7 heteroatoms. The fraction of sp³-hybridized carbons (Fsp3) is 0.389. The van der Waals surface area contributed by atoms with E-state index in [9.17, 15) is 4.79 Å². The van der Waals surface area contributed by atoms with Gasteiger partial charge in [-0.3, -0.25) is 4.79 Å². The monoisotopic (exact) mass is 355 g/mol. The van der Waals surface area contributed by atoms with E-state index in [1.54, 1.807) is 6.20 Å². The van der Waals surface area contributed by atoms with Gasteiger partial charge in [-0.2, -0.15) is 15.4 Å². The van der Waals surface area contributed by atoms with Crippen molar-refractivity contribution in [3.05, 3.63) is 52.2 Å². The van der Waals surface area contributed by atoms with Crippen LogP contribution in [0.3, 0.4) is 0 Å². The summed E-state index contributed by atoms with van der Waals surface area (Å²) in [5.41, 5.74) is 14.3. The summed E-state index contributed by atoms with van der Waals surface area (Å²) in [7, 11) is 0. The number of nitrogens with zero attached hydrogens (tertiary/aromatic N) is 2. The number of carbonyl (C=O) groups is 1. The smallest absolute Gasteiger partial charge is 0.251 e. The number of anilines is 1. The quantitative estimate of drug-likeness (QED) is 0.782. The lowest BCUT2D eigenvalue weighted by Gasteiger charge is -2.42. The number of carbonyl (C=O) groups excluding carboxylic acids is 1. The fourth-order valence-electron chi connectivity index (χ4n) is 4.30. The van der Waals surface area contributed by atoms with Crippen molar-refractivity contribution in [2.75, 3.05) is 5.73 Å². The van der Waals surface area contributed by atoms with Crippen LogP contribution in [0.5, 0.6) is 0 Å². The number of nitrogens with one attached hydrogen (secondary N) is 1. The highest BCUT2D eigenvalue weighted by molar-refractivity contribution is 7.16. The first-order chi connectivity index (χ1) is 12.1. The summed E-state index contributed by atoms with van der Waals surface area (Å²) in [6.45, 7) is 0. The number of hydrogen-bond donors (Lipinski definition) is 3. The minimum absolute atomic E-state index is 0.0529. The second-order valence-electron chi connectivity index (χ2n) is 6.94. The van der Waals surface area contributed by atoms with Gasteiger partial charge in [0.25, 0.3) is 5.91 Å². The Balaban J connectivity index is 1.73. The third-order valence-corrected chi connectivity index (χ3v) is 6.58. The number of fused-ring (bicyclic) bond motifs is 1. The summed E-state index contributed by atoms with van der Waals surface area (Å²) < 4.78 is 0. The molecule has 25 heavy (non-hydrogen) atoms. The average molecular weight is 355 g/mol. The van der Waals surface area contributed by atoms with Crippen LogP contribution in [-0.2, 0) is 19.3 Å². The zero-order valence-electron chi connectivity index (χ0n) is 13.9. The Morgan fingerprint density at radius 1 is 1.44 bits per heavy atom. The van der Waals surface area contributed by atoms with Gasteiger partial charge in [0.15, 0.2) is 0 Å². The van der Waals surface area contributed by atoms with Gasteiger partial charge in [-0.1, -0.05) is 24.3 Å². The van der Waals surface area contributed by atoms with Crippen LogP contribution in [-0.4, -0.2) is 21.3 Å². The van der Waals surface area contributed by atoms with Crippen LogP contribution in [0.4, 0.5) is 5.00 Å². The molecular formula is C18H21N5OS. The Labute approximate surface area is 150 Å². The Bertz CT molecular complexity index is 851. The van der Waals surface area contributed by atoms with Crippen LogP contribution in [0.2, 0.25) is 0 Å². The van der Waals surface area contributed by atoms with Gasteiger partial charge in [-0.25, -0.2) is 0 Å². The summed E-state index contributed by atoms with van der Waals surface area (Å²) in [6, 6.07) is 0. The molecule has 0 saturated carbocycles. The molecule has 130 valence electrons. The number of nitrogens with two attached hydrogens (primary N) is 2. The van der Waals surface area contributed by atoms with Gasteiger partial charge < -0.3 is 11.5 Å². The number of aromatic amines is 1. The van der Waals surface area contributed by atoms with E-state index in [2.05, 4.69) is 39.7 Å². The number of nitrogen functional groups attached to an aromatic ring is 1. The maximum atomic E-state index is 11.8. The first-order valence-electron chi connectivity index (χ1n) is 8.47. The highest BCUT2D eigenvalue weighted by atomic mass is 32.1. The van der Waals surface area contributed by atoms with Crippen LogP contribution in [0, 0.1) is 11.3 Å². The van der Waals surface area contributed by atoms with Crippen molar-refractivity contribution >= 4 is 22.2 Å². The van der Waals surface area contributed by atoms with Crippen molar-refractivity contribution in [3.8, 4) is 0 Å². The van der Waals surface area contributed by atoms with Gasteiger partial charge in [-0.15, -0.1) is 11.3 Å². The molecule has 6 nitrogen and oxygen atoms in total. The Hall–Kier alpha value is -2.41. The molecule has 0 spiro atoms. The zero-order valence-corrected chi connectivity index (χ0v) is 14.7. The molecule has 2 aliphatic rings. The molecule has 2 atom stereocenters. The first-order valence-corrected chi connectivity index (χ1v) is 9.28. The highest BCUT2D eigenvalue weighted by Gasteiger charge is 2.42. The topological polar surface area (TPSA) is 111 Å². The molecule has 4 rings (SSSR count). The summed E-state index contributed by atoms with van der Waals surface area (Å²) in [4.78, 5) is 13.0. The number of aromatic nitrogens is 3. The number of hydrogen-bond acceptors (Lipinski definition) is 5. The van der Waals surface area contributed by atoms with Crippen molar-refractivity contribution < 1.29 is 4.79 Å². The third kappa shape index (κ3) is 2.78. The summed E-state index contributed by atoms with van der Waals surface area (Å²) in [6.07, 6.45) is 15.1. The van der Waals surface area contributed by atoms with Crippen molar-refractivity contribution in [1.82, 2.24) is 15.4 Å². The summed E-state index contributed by atoms with van der Waals surface area (Å²) >= 11 is 1.52. The summed E-state index contributed by atoms with van der Waals surface area (Å²) in [5.74, 6) is 0.0159. The number of primary amides is 1. The highest BCUT2D eigenvalue weighted by Crippen LogP contribution is 2.50. The van der Waals surface area contributed by atoms with Gasteiger partial charge in [-0.05, 0) is 49.0 Å². The molecule has 0 aromatic carbocycles. The SMILES string of the molecule is NC(=O)c1c(N)sc2c1CCC(Cc1cn[nH]n1)(C1C=CC=CC1)C2. The van der Waals surface area contributed by atoms with Gasteiger partial charge >= 0.3 is 0 Å². The number of H-pyrrole nitrogens is 1. The largest absolute Gasteiger partial charge is 0.390 e. The Morgan fingerprint density at radius 2 is 2.32 bits per heavy atom. The van der Waals surface area contributed by atoms with Crippen molar-refractivity contribution in [3.63, 3.8) is 0 Å². The number of rotatable bonds is 4. The van der Waals surface area contributed by atoms with E-state index in [1.807, 2.05) is 0 Å². The minimum atomic E-state index is -0.417. The van der Waals surface area contributed by atoms with E-state index in [4.69, 9.17) is 11.5 Å². The predicted octanol–water partition coefficient (Wildman–Crippen LogP) is 2.40. The second-order valence-corrected chi connectivity index (χ2v) is 8.08. The van der Waals surface area contributed by atoms with Crippen LogP contribution < -0.4 is 11.5 Å². The van der Waals surface area contributed by atoms with Gasteiger partial charge in [0, 0.05) is 4.88 Å². The van der Waals surface area contributed by atoms with Crippen LogP contribution in [0.25, 0.3) is 0 Å². The molecule has 1 amide bonds. The molecule has 0 aliphatic heterocycles. The van der Waals surface area contributed by atoms with Gasteiger partial charge in [0.1, 0.15) is 0 Å². The maximum absolute atomic E-state index is 11.8.